The minimum atomic E-state index is -0.781. The van der Waals surface area contributed by atoms with Crippen LogP contribution in [0.1, 0.15) is 50.0 Å². The highest BCUT2D eigenvalue weighted by molar-refractivity contribution is 9.10. The summed E-state index contributed by atoms with van der Waals surface area (Å²) in [5, 5.41) is 13.3. The highest BCUT2D eigenvalue weighted by atomic mass is 79.9. The van der Waals surface area contributed by atoms with E-state index in [2.05, 4.69) is 40.1 Å². The normalized spacial score (nSPS) is 20.4. The number of pyridine rings is 1. The molecule has 2 N–H and O–H groups in total. The first-order valence-corrected chi connectivity index (χ1v) is 7.72. The zero-order chi connectivity index (χ0) is 14.8. The first kappa shape index (κ1) is 15.4. The predicted molar refractivity (Wildman–Crippen MR) is 81.5 cm³/mol. The molecule has 4 nitrogen and oxygen atoms in total. The fourth-order valence-electron chi connectivity index (χ4n) is 2.44. The largest absolute Gasteiger partial charge is 0.388 e. The molecule has 0 bridgehead atoms. The van der Waals surface area contributed by atoms with Gasteiger partial charge >= 0.3 is 0 Å². The molecular formula is C15H21BrN2O2. The number of hydrogen-bond donors (Lipinski definition) is 2. The lowest BCUT2D eigenvalue weighted by molar-refractivity contribution is -0.0233. The van der Waals surface area contributed by atoms with Gasteiger partial charge in [-0.25, -0.2) is 4.98 Å². The number of carbonyl (C=O) groups excluding carboxylic acids is 1. The van der Waals surface area contributed by atoms with Crippen LogP contribution < -0.4 is 5.32 Å². The molecule has 110 valence electrons. The molecule has 1 aromatic heterocycles. The van der Waals surface area contributed by atoms with E-state index < -0.39 is 5.60 Å². The van der Waals surface area contributed by atoms with Gasteiger partial charge in [0.1, 0.15) is 10.3 Å². The van der Waals surface area contributed by atoms with Gasteiger partial charge in [0, 0.05) is 6.54 Å². The Labute approximate surface area is 128 Å². The van der Waals surface area contributed by atoms with Crippen molar-refractivity contribution in [3.05, 3.63) is 28.5 Å². The molecule has 5 heteroatoms. The molecule has 2 rings (SSSR count). The van der Waals surface area contributed by atoms with Crippen LogP contribution in [-0.4, -0.2) is 28.1 Å². The maximum atomic E-state index is 12.0. The van der Waals surface area contributed by atoms with Gasteiger partial charge in [-0.15, -0.1) is 0 Å². The summed E-state index contributed by atoms with van der Waals surface area (Å²) in [4.78, 5) is 16.1. The Morgan fingerprint density at radius 1 is 1.35 bits per heavy atom. The number of amides is 1. The van der Waals surface area contributed by atoms with Gasteiger partial charge in [0.25, 0.3) is 5.91 Å². The monoisotopic (exact) mass is 340 g/mol. The van der Waals surface area contributed by atoms with Crippen LogP contribution in [0.2, 0.25) is 0 Å². The van der Waals surface area contributed by atoms with Crippen molar-refractivity contribution in [1.29, 1.82) is 0 Å². The number of aromatic nitrogens is 1. The van der Waals surface area contributed by atoms with E-state index in [1.165, 1.54) is 0 Å². The zero-order valence-corrected chi connectivity index (χ0v) is 13.5. The number of hydrogen-bond acceptors (Lipinski definition) is 3. The van der Waals surface area contributed by atoms with E-state index in [1.54, 1.807) is 18.2 Å². The molecule has 1 aliphatic rings. The average Bonchev–Trinajstić information content (AvgIpc) is 2.40. The summed E-state index contributed by atoms with van der Waals surface area (Å²) in [6, 6.07) is 5.20. The van der Waals surface area contributed by atoms with Crippen LogP contribution in [0.25, 0.3) is 0 Å². The molecule has 0 unspecified atom stereocenters. The molecule has 1 fully saturated rings. The summed E-state index contributed by atoms with van der Waals surface area (Å²) in [7, 11) is 0. The molecule has 20 heavy (non-hydrogen) atoms. The first-order chi connectivity index (χ1) is 9.30. The fraction of sp³-hybridized carbons (Fsp3) is 0.600. The summed E-state index contributed by atoms with van der Waals surface area (Å²) in [6.45, 7) is 4.73. The van der Waals surface area contributed by atoms with Crippen molar-refractivity contribution in [1.82, 2.24) is 10.3 Å². The van der Waals surface area contributed by atoms with Crippen LogP contribution in [0.5, 0.6) is 0 Å². The van der Waals surface area contributed by atoms with Crippen LogP contribution in [0.3, 0.4) is 0 Å². The number of nitrogens with one attached hydrogen (secondary N) is 1. The van der Waals surface area contributed by atoms with Gasteiger partial charge in [-0.1, -0.05) is 19.9 Å². The van der Waals surface area contributed by atoms with Gasteiger partial charge in [-0.05, 0) is 59.2 Å². The molecule has 0 spiro atoms. The van der Waals surface area contributed by atoms with Crippen molar-refractivity contribution < 1.29 is 9.90 Å². The van der Waals surface area contributed by atoms with Crippen molar-refractivity contribution in [2.24, 2.45) is 5.41 Å². The number of rotatable bonds is 3. The Balaban J connectivity index is 1.90. The van der Waals surface area contributed by atoms with E-state index >= 15 is 0 Å². The van der Waals surface area contributed by atoms with E-state index in [0.717, 1.165) is 25.7 Å². The van der Waals surface area contributed by atoms with Crippen LogP contribution >= 0.6 is 15.9 Å². The predicted octanol–water partition coefficient (Wildman–Crippen LogP) is 2.91. The SMILES string of the molecule is CC1(C)CCC(O)(CNC(=O)c2cccc(Br)n2)CC1. The van der Waals surface area contributed by atoms with Gasteiger partial charge in [0.05, 0.1) is 5.60 Å². The van der Waals surface area contributed by atoms with E-state index in [0.29, 0.717) is 15.7 Å². The smallest absolute Gasteiger partial charge is 0.270 e. The van der Waals surface area contributed by atoms with Gasteiger partial charge in [0.2, 0.25) is 0 Å². The van der Waals surface area contributed by atoms with Crippen molar-refractivity contribution in [3.8, 4) is 0 Å². The maximum Gasteiger partial charge on any atom is 0.270 e. The van der Waals surface area contributed by atoms with E-state index in [-0.39, 0.29) is 12.5 Å². The Kier molecular flexibility index (Phi) is 4.49. The number of carbonyl (C=O) groups is 1. The van der Waals surface area contributed by atoms with Gasteiger partial charge in [-0.3, -0.25) is 4.79 Å². The second kappa shape index (κ2) is 5.82. The van der Waals surface area contributed by atoms with Crippen LogP contribution in [0, 0.1) is 5.41 Å². The molecule has 1 aromatic rings. The summed E-state index contributed by atoms with van der Waals surface area (Å²) in [5.41, 5.74) is -0.127. The molecule has 1 saturated carbocycles. The third kappa shape index (κ3) is 4.03. The maximum absolute atomic E-state index is 12.0. The van der Waals surface area contributed by atoms with Gasteiger partial charge in [0.15, 0.2) is 0 Å². The van der Waals surface area contributed by atoms with Crippen molar-refractivity contribution in [2.45, 2.75) is 45.1 Å². The molecular weight excluding hydrogens is 320 g/mol. The van der Waals surface area contributed by atoms with Crippen LogP contribution in [0.15, 0.2) is 22.8 Å². The second-order valence-corrected chi connectivity index (χ2v) is 7.23. The third-order valence-electron chi connectivity index (χ3n) is 4.06. The minimum absolute atomic E-state index is 0.246. The van der Waals surface area contributed by atoms with E-state index in [1.807, 2.05) is 0 Å². The molecule has 0 aromatic carbocycles. The Bertz CT molecular complexity index is 492. The Hall–Kier alpha value is -0.940. The summed E-state index contributed by atoms with van der Waals surface area (Å²) in [5.74, 6) is -0.246. The molecule has 0 atom stereocenters. The molecule has 0 saturated heterocycles. The van der Waals surface area contributed by atoms with Crippen molar-refractivity contribution in [2.75, 3.05) is 6.54 Å². The Morgan fingerprint density at radius 3 is 2.60 bits per heavy atom. The van der Waals surface area contributed by atoms with Gasteiger partial charge < -0.3 is 10.4 Å². The van der Waals surface area contributed by atoms with E-state index in [4.69, 9.17) is 0 Å². The number of halogens is 1. The first-order valence-electron chi connectivity index (χ1n) is 6.93. The summed E-state index contributed by atoms with van der Waals surface area (Å²) in [6.07, 6.45) is 3.42. The highest BCUT2D eigenvalue weighted by Gasteiger charge is 2.36. The lowest BCUT2D eigenvalue weighted by Crippen LogP contribution is -2.46. The molecule has 1 heterocycles. The van der Waals surface area contributed by atoms with Crippen LogP contribution in [0.4, 0.5) is 0 Å². The summed E-state index contributed by atoms with van der Waals surface area (Å²) < 4.78 is 0.628. The van der Waals surface area contributed by atoms with Crippen LogP contribution in [-0.2, 0) is 0 Å². The number of aliphatic hydroxyl groups is 1. The minimum Gasteiger partial charge on any atom is -0.388 e. The van der Waals surface area contributed by atoms with Crippen molar-refractivity contribution >= 4 is 21.8 Å². The number of nitrogens with zero attached hydrogens (tertiary/aromatic N) is 1. The lowest BCUT2D eigenvalue weighted by atomic mass is 9.71. The Morgan fingerprint density at radius 2 is 2.00 bits per heavy atom. The van der Waals surface area contributed by atoms with Crippen molar-refractivity contribution in [3.63, 3.8) is 0 Å². The molecule has 1 aliphatic carbocycles. The topological polar surface area (TPSA) is 62.2 Å². The average molecular weight is 341 g/mol. The molecule has 0 aliphatic heterocycles. The summed E-state index contributed by atoms with van der Waals surface area (Å²) >= 11 is 3.24. The van der Waals surface area contributed by atoms with E-state index in [9.17, 15) is 9.90 Å². The quantitative estimate of drug-likeness (QED) is 0.831. The highest BCUT2D eigenvalue weighted by Crippen LogP contribution is 2.39. The molecule has 1 amide bonds. The molecule has 0 radical (unpaired) electrons. The van der Waals surface area contributed by atoms with Gasteiger partial charge in [-0.2, -0.15) is 0 Å². The zero-order valence-electron chi connectivity index (χ0n) is 11.9. The second-order valence-electron chi connectivity index (χ2n) is 6.42. The standard InChI is InChI=1S/C15H21BrN2O2/c1-14(2)6-8-15(20,9-7-14)10-17-13(19)11-4-3-5-12(16)18-11/h3-5,20H,6-10H2,1-2H3,(H,17,19). The third-order valence-corrected chi connectivity index (χ3v) is 4.50. The lowest BCUT2D eigenvalue weighted by Gasteiger charge is -2.40. The fourth-order valence-corrected chi connectivity index (χ4v) is 2.78.